The van der Waals surface area contributed by atoms with Crippen molar-refractivity contribution < 1.29 is 4.74 Å². The number of hydrogen-bond acceptors (Lipinski definition) is 3. The molecule has 0 bridgehead atoms. The quantitative estimate of drug-likeness (QED) is 0.786. The molecule has 0 saturated carbocycles. The smallest absolute Gasteiger partial charge is 0.119 e. The van der Waals surface area contributed by atoms with Gasteiger partial charge in [0.05, 0.1) is 6.33 Å². The van der Waals surface area contributed by atoms with Crippen LogP contribution in [0.25, 0.3) is 5.69 Å². The number of hydrogen-bond donors (Lipinski definition) is 0. The van der Waals surface area contributed by atoms with Crippen molar-refractivity contribution in [2.75, 3.05) is 27.2 Å². The van der Waals surface area contributed by atoms with Crippen molar-refractivity contribution in [2.24, 2.45) is 0 Å². The van der Waals surface area contributed by atoms with Gasteiger partial charge >= 0.3 is 0 Å². The van der Waals surface area contributed by atoms with E-state index in [4.69, 9.17) is 4.74 Å². The Morgan fingerprint density at radius 2 is 2.00 bits per heavy atom. The number of rotatable bonds is 5. The molecule has 1 aromatic heterocycles. The molecule has 2 aromatic rings. The van der Waals surface area contributed by atoms with E-state index in [0.717, 1.165) is 18.0 Å². The first-order valence-corrected chi connectivity index (χ1v) is 5.61. The van der Waals surface area contributed by atoms with Crippen molar-refractivity contribution in [1.29, 1.82) is 0 Å². The minimum absolute atomic E-state index is 0.706. The summed E-state index contributed by atoms with van der Waals surface area (Å²) in [6, 6.07) is 8.00. The average molecular weight is 231 g/mol. The topological polar surface area (TPSA) is 30.3 Å². The molecular formula is C13H17N3O. The molecule has 0 aliphatic rings. The summed E-state index contributed by atoms with van der Waals surface area (Å²) in [5, 5.41) is 0. The molecule has 90 valence electrons. The zero-order chi connectivity index (χ0) is 12.1. The third kappa shape index (κ3) is 3.32. The minimum atomic E-state index is 0.706. The Kier molecular flexibility index (Phi) is 3.77. The van der Waals surface area contributed by atoms with Crippen LogP contribution in [-0.4, -0.2) is 41.7 Å². The summed E-state index contributed by atoms with van der Waals surface area (Å²) in [5.41, 5.74) is 1.09. The standard InChI is InChI=1S/C13H17N3O/c1-15(2)9-10-17-13-5-3-12(4-6-13)16-8-7-14-11-16/h3-8,11H,9-10H2,1-2H3. The van der Waals surface area contributed by atoms with Crippen molar-refractivity contribution >= 4 is 0 Å². The molecule has 1 heterocycles. The molecule has 0 unspecified atom stereocenters. The molecule has 1 aromatic carbocycles. The van der Waals surface area contributed by atoms with E-state index < -0.39 is 0 Å². The summed E-state index contributed by atoms with van der Waals surface area (Å²) >= 11 is 0. The van der Waals surface area contributed by atoms with E-state index in [0.29, 0.717) is 6.61 Å². The fourth-order valence-corrected chi connectivity index (χ4v) is 1.47. The lowest BCUT2D eigenvalue weighted by Gasteiger charge is -2.11. The molecule has 0 atom stereocenters. The van der Waals surface area contributed by atoms with Crippen molar-refractivity contribution in [3.05, 3.63) is 43.0 Å². The van der Waals surface area contributed by atoms with Crippen molar-refractivity contribution in [1.82, 2.24) is 14.5 Å². The maximum atomic E-state index is 5.62. The Bertz CT molecular complexity index is 434. The minimum Gasteiger partial charge on any atom is -0.492 e. The molecule has 0 aliphatic heterocycles. The van der Waals surface area contributed by atoms with E-state index in [1.54, 1.807) is 12.5 Å². The van der Waals surface area contributed by atoms with Crippen LogP contribution in [-0.2, 0) is 0 Å². The zero-order valence-corrected chi connectivity index (χ0v) is 10.2. The Balaban J connectivity index is 1.94. The number of aromatic nitrogens is 2. The van der Waals surface area contributed by atoms with Gasteiger partial charge in [-0.15, -0.1) is 0 Å². The summed E-state index contributed by atoms with van der Waals surface area (Å²) in [6.07, 6.45) is 5.46. The fraction of sp³-hybridized carbons (Fsp3) is 0.308. The highest BCUT2D eigenvalue weighted by Gasteiger charge is 1.97. The number of ether oxygens (including phenoxy) is 1. The van der Waals surface area contributed by atoms with Crippen molar-refractivity contribution in [3.63, 3.8) is 0 Å². The highest BCUT2D eigenvalue weighted by atomic mass is 16.5. The van der Waals surface area contributed by atoms with Crippen LogP contribution in [0.1, 0.15) is 0 Å². The molecule has 4 heteroatoms. The van der Waals surface area contributed by atoms with Crippen LogP contribution in [0.3, 0.4) is 0 Å². The largest absolute Gasteiger partial charge is 0.492 e. The third-order valence-electron chi connectivity index (χ3n) is 2.45. The second-order valence-corrected chi connectivity index (χ2v) is 4.12. The number of likely N-dealkylation sites (N-methyl/N-ethyl adjacent to an activating group) is 1. The molecular weight excluding hydrogens is 214 g/mol. The van der Waals surface area contributed by atoms with E-state index in [1.165, 1.54) is 0 Å². The second-order valence-electron chi connectivity index (χ2n) is 4.12. The van der Waals surface area contributed by atoms with Crippen LogP contribution in [0, 0.1) is 0 Å². The highest BCUT2D eigenvalue weighted by Crippen LogP contribution is 2.14. The summed E-state index contributed by atoms with van der Waals surface area (Å²) in [6.45, 7) is 1.63. The molecule has 0 fully saturated rings. The van der Waals surface area contributed by atoms with Gasteiger partial charge < -0.3 is 14.2 Å². The van der Waals surface area contributed by atoms with E-state index in [-0.39, 0.29) is 0 Å². The zero-order valence-electron chi connectivity index (χ0n) is 10.2. The molecule has 17 heavy (non-hydrogen) atoms. The molecule has 0 radical (unpaired) electrons. The molecule has 0 N–H and O–H groups in total. The van der Waals surface area contributed by atoms with Crippen LogP contribution in [0.15, 0.2) is 43.0 Å². The van der Waals surface area contributed by atoms with E-state index in [1.807, 2.05) is 49.1 Å². The summed E-state index contributed by atoms with van der Waals surface area (Å²) in [7, 11) is 4.07. The van der Waals surface area contributed by atoms with Gasteiger partial charge in [0, 0.05) is 24.6 Å². The molecule has 0 amide bonds. The van der Waals surface area contributed by atoms with E-state index >= 15 is 0 Å². The van der Waals surface area contributed by atoms with Gasteiger partial charge in [-0.1, -0.05) is 0 Å². The normalized spacial score (nSPS) is 10.8. The lowest BCUT2D eigenvalue weighted by atomic mass is 10.3. The number of nitrogens with zero attached hydrogens (tertiary/aromatic N) is 3. The maximum Gasteiger partial charge on any atom is 0.119 e. The van der Waals surface area contributed by atoms with Crippen LogP contribution in [0.5, 0.6) is 5.75 Å². The highest BCUT2D eigenvalue weighted by molar-refractivity contribution is 5.37. The average Bonchev–Trinajstić information content (AvgIpc) is 2.83. The molecule has 0 spiro atoms. The predicted octanol–water partition coefficient (Wildman–Crippen LogP) is 1.81. The number of benzene rings is 1. The maximum absolute atomic E-state index is 5.62. The summed E-state index contributed by atoms with van der Waals surface area (Å²) in [5.74, 6) is 0.899. The van der Waals surface area contributed by atoms with Gasteiger partial charge in [-0.05, 0) is 38.4 Å². The fourth-order valence-electron chi connectivity index (χ4n) is 1.47. The van der Waals surface area contributed by atoms with Crippen molar-refractivity contribution in [2.45, 2.75) is 0 Å². The lowest BCUT2D eigenvalue weighted by Crippen LogP contribution is -2.19. The van der Waals surface area contributed by atoms with Crippen LogP contribution in [0.4, 0.5) is 0 Å². The first kappa shape index (κ1) is 11.7. The molecule has 0 aliphatic carbocycles. The first-order chi connectivity index (χ1) is 8.25. The summed E-state index contributed by atoms with van der Waals surface area (Å²) < 4.78 is 7.58. The Morgan fingerprint density at radius 3 is 2.59 bits per heavy atom. The van der Waals surface area contributed by atoms with Crippen molar-refractivity contribution in [3.8, 4) is 11.4 Å². The SMILES string of the molecule is CN(C)CCOc1ccc(-n2ccnc2)cc1. The van der Waals surface area contributed by atoms with Crippen LogP contribution < -0.4 is 4.74 Å². The lowest BCUT2D eigenvalue weighted by molar-refractivity contribution is 0.261. The first-order valence-electron chi connectivity index (χ1n) is 5.61. The van der Waals surface area contributed by atoms with Gasteiger partial charge in [-0.2, -0.15) is 0 Å². The van der Waals surface area contributed by atoms with Gasteiger partial charge in [0.15, 0.2) is 0 Å². The predicted molar refractivity (Wildman–Crippen MR) is 67.6 cm³/mol. The summed E-state index contributed by atoms with van der Waals surface area (Å²) in [4.78, 5) is 6.11. The van der Waals surface area contributed by atoms with Gasteiger partial charge in [0.2, 0.25) is 0 Å². The van der Waals surface area contributed by atoms with Crippen LogP contribution >= 0.6 is 0 Å². The van der Waals surface area contributed by atoms with Gasteiger partial charge in [-0.3, -0.25) is 0 Å². The third-order valence-corrected chi connectivity index (χ3v) is 2.45. The van der Waals surface area contributed by atoms with Gasteiger partial charge in [0.25, 0.3) is 0 Å². The monoisotopic (exact) mass is 231 g/mol. The van der Waals surface area contributed by atoms with Gasteiger partial charge in [0.1, 0.15) is 12.4 Å². The van der Waals surface area contributed by atoms with E-state index in [2.05, 4.69) is 9.88 Å². The Hall–Kier alpha value is -1.81. The van der Waals surface area contributed by atoms with E-state index in [9.17, 15) is 0 Å². The van der Waals surface area contributed by atoms with Gasteiger partial charge in [-0.25, -0.2) is 4.98 Å². The molecule has 0 saturated heterocycles. The molecule has 4 nitrogen and oxygen atoms in total. The Labute approximate surface area is 101 Å². The second kappa shape index (κ2) is 5.50. The number of imidazole rings is 1. The Morgan fingerprint density at radius 1 is 1.24 bits per heavy atom. The van der Waals surface area contributed by atoms with Crippen LogP contribution in [0.2, 0.25) is 0 Å². The molecule has 2 rings (SSSR count).